The topological polar surface area (TPSA) is 89.5 Å². The molecular weight excluding hydrogens is 434 g/mol. The average molecular weight is 458 g/mol. The van der Waals surface area contributed by atoms with E-state index in [2.05, 4.69) is 5.32 Å². The summed E-state index contributed by atoms with van der Waals surface area (Å²) in [6.45, 7) is 1.92. The molecule has 0 aliphatic rings. The molecule has 0 aliphatic carbocycles. The number of hydrogen-bond donors (Lipinski definition) is 1. The van der Waals surface area contributed by atoms with Crippen LogP contribution in [0.3, 0.4) is 0 Å². The molecule has 0 aliphatic heterocycles. The smallest absolute Gasteiger partial charge is 0.350 e. The Morgan fingerprint density at radius 2 is 1.65 bits per heavy atom. The van der Waals surface area contributed by atoms with E-state index in [-0.39, 0.29) is 29.4 Å². The molecular formula is C23H23NO5S2. The van der Waals surface area contributed by atoms with Crippen LogP contribution in [-0.4, -0.2) is 32.7 Å². The molecule has 8 heteroatoms. The zero-order valence-corrected chi connectivity index (χ0v) is 18.7. The normalized spacial score (nSPS) is 11.1. The molecule has 6 nitrogen and oxygen atoms in total. The molecule has 1 heterocycles. The minimum atomic E-state index is -3.44. The highest BCUT2D eigenvalue weighted by Gasteiger charge is 2.21. The largest absolute Gasteiger partial charge is 0.462 e. The van der Waals surface area contributed by atoms with E-state index < -0.39 is 21.7 Å². The van der Waals surface area contributed by atoms with Crippen molar-refractivity contribution in [3.8, 4) is 10.4 Å². The molecule has 2 aromatic carbocycles. The number of rotatable bonds is 9. The van der Waals surface area contributed by atoms with E-state index in [1.54, 1.807) is 37.3 Å². The van der Waals surface area contributed by atoms with Crippen LogP contribution < -0.4 is 5.32 Å². The molecule has 3 rings (SSSR count). The zero-order chi connectivity index (χ0) is 22.3. The second-order valence-corrected chi connectivity index (χ2v) is 10.1. The fraction of sp³-hybridized carbons (Fsp3) is 0.217. The van der Waals surface area contributed by atoms with Gasteiger partial charge in [-0.3, -0.25) is 4.79 Å². The number of nitrogens with one attached hydrogen (secondary N) is 1. The highest BCUT2D eigenvalue weighted by Crippen LogP contribution is 2.35. The van der Waals surface area contributed by atoms with Gasteiger partial charge < -0.3 is 10.1 Å². The first kappa shape index (κ1) is 22.7. The van der Waals surface area contributed by atoms with Crippen molar-refractivity contribution in [1.29, 1.82) is 0 Å². The summed E-state index contributed by atoms with van der Waals surface area (Å²) in [5.41, 5.74) is 1.91. The van der Waals surface area contributed by atoms with Crippen molar-refractivity contribution in [2.45, 2.75) is 19.1 Å². The number of sulfone groups is 1. The van der Waals surface area contributed by atoms with E-state index in [1.165, 1.54) is 11.3 Å². The van der Waals surface area contributed by atoms with Crippen molar-refractivity contribution >= 4 is 38.7 Å². The van der Waals surface area contributed by atoms with Crippen LogP contribution in [0.15, 0.2) is 66.7 Å². The van der Waals surface area contributed by atoms with E-state index in [9.17, 15) is 18.0 Å². The van der Waals surface area contributed by atoms with Crippen molar-refractivity contribution < 1.29 is 22.7 Å². The Kier molecular flexibility index (Phi) is 7.59. The number of amides is 1. The number of anilines is 1. The van der Waals surface area contributed by atoms with Crippen LogP contribution in [0.1, 0.15) is 28.6 Å². The number of esters is 1. The van der Waals surface area contributed by atoms with E-state index in [4.69, 9.17) is 4.74 Å². The third kappa shape index (κ3) is 6.50. The maximum absolute atomic E-state index is 12.5. The Labute approximate surface area is 185 Å². The lowest BCUT2D eigenvalue weighted by molar-refractivity contribution is -0.115. The van der Waals surface area contributed by atoms with Gasteiger partial charge in [-0.1, -0.05) is 60.7 Å². The summed E-state index contributed by atoms with van der Waals surface area (Å²) in [5.74, 6) is -1.40. The predicted octanol–water partition coefficient (Wildman–Crippen LogP) is 4.54. The molecule has 0 saturated carbocycles. The third-order valence-electron chi connectivity index (χ3n) is 4.39. The molecule has 0 atom stereocenters. The lowest BCUT2D eigenvalue weighted by Crippen LogP contribution is -2.19. The molecule has 1 amide bonds. The molecule has 1 aromatic heterocycles. The first-order valence-electron chi connectivity index (χ1n) is 9.78. The van der Waals surface area contributed by atoms with Gasteiger partial charge in [0.1, 0.15) is 4.88 Å². The summed E-state index contributed by atoms with van der Waals surface area (Å²) in [7, 11) is -3.44. The van der Waals surface area contributed by atoms with E-state index in [1.807, 2.05) is 36.4 Å². The molecule has 0 bridgehead atoms. The van der Waals surface area contributed by atoms with Crippen LogP contribution in [0.25, 0.3) is 10.4 Å². The third-order valence-corrected chi connectivity index (χ3v) is 7.16. The number of hydrogen-bond acceptors (Lipinski definition) is 6. The Hall–Kier alpha value is -2.97. The fourth-order valence-electron chi connectivity index (χ4n) is 2.94. The van der Waals surface area contributed by atoms with Gasteiger partial charge in [0.2, 0.25) is 5.91 Å². The summed E-state index contributed by atoms with van der Waals surface area (Å²) < 4.78 is 29.8. The van der Waals surface area contributed by atoms with Gasteiger partial charge in [-0.15, -0.1) is 11.3 Å². The maximum Gasteiger partial charge on any atom is 0.350 e. The summed E-state index contributed by atoms with van der Waals surface area (Å²) >= 11 is 1.22. The van der Waals surface area contributed by atoms with Gasteiger partial charge in [0.25, 0.3) is 0 Å². The average Bonchev–Trinajstić information content (AvgIpc) is 3.17. The zero-order valence-electron chi connectivity index (χ0n) is 17.0. The molecule has 0 saturated heterocycles. The van der Waals surface area contributed by atoms with Crippen molar-refractivity contribution in [3.05, 3.63) is 77.2 Å². The molecule has 0 fully saturated rings. The van der Waals surface area contributed by atoms with Crippen LogP contribution in [0.4, 0.5) is 5.69 Å². The number of thiophene rings is 1. The first-order chi connectivity index (χ1) is 14.9. The van der Waals surface area contributed by atoms with Crippen molar-refractivity contribution in [2.75, 3.05) is 17.7 Å². The van der Waals surface area contributed by atoms with Crippen molar-refractivity contribution in [3.63, 3.8) is 0 Å². The Bertz CT molecular complexity index is 1140. The number of ether oxygens (including phenoxy) is 1. The second kappa shape index (κ2) is 10.4. The Morgan fingerprint density at radius 3 is 2.29 bits per heavy atom. The molecule has 31 heavy (non-hydrogen) atoms. The van der Waals surface area contributed by atoms with E-state index in [0.717, 1.165) is 10.4 Å². The molecule has 3 aromatic rings. The fourth-order valence-corrected chi connectivity index (χ4v) is 5.29. The Balaban J connectivity index is 1.71. The summed E-state index contributed by atoms with van der Waals surface area (Å²) in [6.07, 6.45) is -0.200. The van der Waals surface area contributed by atoms with Crippen LogP contribution in [0, 0.1) is 0 Å². The minimum Gasteiger partial charge on any atom is -0.462 e. The highest BCUT2D eigenvalue weighted by atomic mass is 32.2. The molecule has 0 radical (unpaired) electrons. The quantitative estimate of drug-likeness (QED) is 0.477. The SMILES string of the molecule is CCOC(=O)c1sc(-c2ccccc2)cc1NC(=O)CCS(=O)(=O)Cc1ccccc1. The summed E-state index contributed by atoms with van der Waals surface area (Å²) in [6, 6.07) is 20.0. The Morgan fingerprint density at radius 1 is 1.00 bits per heavy atom. The van der Waals surface area contributed by atoms with E-state index >= 15 is 0 Å². The van der Waals surface area contributed by atoms with Gasteiger partial charge in [-0.25, -0.2) is 13.2 Å². The van der Waals surface area contributed by atoms with Crippen LogP contribution >= 0.6 is 11.3 Å². The van der Waals surface area contributed by atoms with Gasteiger partial charge in [0.05, 0.1) is 23.8 Å². The van der Waals surface area contributed by atoms with Crippen LogP contribution in [0.2, 0.25) is 0 Å². The van der Waals surface area contributed by atoms with Crippen LogP contribution in [0.5, 0.6) is 0 Å². The summed E-state index contributed by atoms with van der Waals surface area (Å²) in [5, 5.41) is 2.68. The molecule has 1 N–H and O–H groups in total. The summed E-state index contributed by atoms with van der Waals surface area (Å²) in [4.78, 5) is 25.9. The molecule has 162 valence electrons. The van der Waals surface area contributed by atoms with Gasteiger partial charge >= 0.3 is 5.97 Å². The minimum absolute atomic E-state index is 0.119. The van der Waals surface area contributed by atoms with Crippen molar-refractivity contribution in [2.24, 2.45) is 0 Å². The van der Waals surface area contributed by atoms with E-state index in [0.29, 0.717) is 11.3 Å². The van der Waals surface area contributed by atoms with Crippen molar-refractivity contribution in [1.82, 2.24) is 0 Å². The second-order valence-electron chi connectivity index (χ2n) is 6.82. The highest BCUT2D eigenvalue weighted by molar-refractivity contribution is 7.90. The maximum atomic E-state index is 12.5. The predicted molar refractivity (Wildman–Crippen MR) is 123 cm³/mol. The molecule has 0 unspecified atom stereocenters. The number of carbonyl (C=O) groups is 2. The lowest BCUT2D eigenvalue weighted by Gasteiger charge is -2.07. The lowest BCUT2D eigenvalue weighted by atomic mass is 10.2. The first-order valence-corrected chi connectivity index (χ1v) is 12.4. The van der Waals surface area contributed by atoms with Gasteiger partial charge in [-0.05, 0) is 24.1 Å². The molecule has 0 spiro atoms. The van der Waals surface area contributed by atoms with Gasteiger partial charge in [0.15, 0.2) is 9.84 Å². The standard InChI is InChI=1S/C23H23NO5S2/c1-2-29-23(26)22-19(15-20(30-22)18-11-7-4-8-12-18)24-21(25)13-14-31(27,28)16-17-9-5-3-6-10-17/h3-12,15H,2,13-14,16H2,1H3,(H,24,25). The van der Waals surface area contributed by atoms with Gasteiger partial charge in [-0.2, -0.15) is 0 Å². The van der Waals surface area contributed by atoms with Gasteiger partial charge in [0, 0.05) is 11.3 Å². The van der Waals surface area contributed by atoms with Crippen LogP contribution in [-0.2, 0) is 25.1 Å². The number of benzene rings is 2. The monoisotopic (exact) mass is 457 g/mol. The number of carbonyl (C=O) groups excluding carboxylic acids is 2.